The number of thioether (sulfide) groups is 1. The summed E-state index contributed by atoms with van der Waals surface area (Å²) in [7, 11) is 1.56. The highest BCUT2D eigenvalue weighted by molar-refractivity contribution is 7.98. The Morgan fingerprint density at radius 3 is 2.32 bits per heavy atom. The van der Waals surface area contributed by atoms with Crippen LogP contribution in [0.3, 0.4) is 0 Å². The molecule has 118 valence electrons. The van der Waals surface area contributed by atoms with Gasteiger partial charge < -0.3 is 10.5 Å². The third-order valence-electron chi connectivity index (χ3n) is 3.50. The van der Waals surface area contributed by atoms with E-state index in [1.807, 2.05) is 0 Å². The Hall–Kier alpha value is -1.68. The van der Waals surface area contributed by atoms with Gasteiger partial charge in [-0.2, -0.15) is 0 Å². The first-order valence-electron chi connectivity index (χ1n) is 7.16. The maximum absolute atomic E-state index is 13.6. The second-order valence-corrected chi connectivity index (χ2v) is 7.28. The average molecular weight is 319 g/mol. The van der Waals surface area contributed by atoms with Gasteiger partial charge in [-0.15, -0.1) is 11.8 Å². The number of hydrogen-bond acceptors (Lipinski definition) is 3. The fourth-order valence-corrected chi connectivity index (χ4v) is 3.07. The number of halogens is 1. The summed E-state index contributed by atoms with van der Waals surface area (Å²) < 4.78 is 18.9. The SMILES string of the molecule is COc1cc(N)c(F)cc1SCc1ccc(C(C)(C)C)cc1. The lowest BCUT2D eigenvalue weighted by atomic mass is 9.87. The third kappa shape index (κ3) is 3.95. The van der Waals surface area contributed by atoms with Crippen molar-refractivity contribution in [2.75, 3.05) is 12.8 Å². The summed E-state index contributed by atoms with van der Waals surface area (Å²) in [6, 6.07) is 11.5. The predicted octanol–water partition coefficient (Wildman–Crippen LogP) is 5.01. The molecule has 0 aromatic heterocycles. The number of benzene rings is 2. The number of hydrogen-bond donors (Lipinski definition) is 1. The molecule has 0 amide bonds. The molecule has 2 aromatic rings. The van der Waals surface area contributed by atoms with E-state index < -0.39 is 5.82 Å². The van der Waals surface area contributed by atoms with Crippen LogP contribution in [0.4, 0.5) is 10.1 Å². The van der Waals surface area contributed by atoms with E-state index in [9.17, 15) is 4.39 Å². The van der Waals surface area contributed by atoms with E-state index in [4.69, 9.17) is 10.5 Å². The van der Waals surface area contributed by atoms with Crippen molar-refractivity contribution >= 4 is 17.4 Å². The van der Waals surface area contributed by atoms with Crippen LogP contribution >= 0.6 is 11.8 Å². The highest BCUT2D eigenvalue weighted by Gasteiger charge is 2.13. The van der Waals surface area contributed by atoms with Crippen LogP contribution in [0.25, 0.3) is 0 Å². The minimum absolute atomic E-state index is 0.107. The predicted molar refractivity (Wildman–Crippen MR) is 92.1 cm³/mol. The molecular weight excluding hydrogens is 297 g/mol. The molecule has 2 aromatic carbocycles. The number of ether oxygens (including phenoxy) is 1. The van der Waals surface area contributed by atoms with Gasteiger partial charge in [0.2, 0.25) is 0 Å². The summed E-state index contributed by atoms with van der Waals surface area (Å²) in [5, 5.41) is 0. The average Bonchev–Trinajstić information content (AvgIpc) is 2.47. The van der Waals surface area contributed by atoms with Gasteiger partial charge in [-0.3, -0.25) is 0 Å². The van der Waals surface area contributed by atoms with E-state index in [-0.39, 0.29) is 11.1 Å². The standard InChI is InChI=1S/C18H22FNOS/c1-18(2,3)13-7-5-12(6-8-13)11-22-17-9-14(19)15(20)10-16(17)21-4/h5-10H,11,20H2,1-4H3. The van der Waals surface area contributed by atoms with E-state index in [0.29, 0.717) is 5.75 Å². The van der Waals surface area contributed by atoms with Crippen molar-refractivity contribution in [1.82, 2.24) is 0 Å². The Balaban J connectivity index is 2.12. The molecule has 0 unspecified atom stereocenters. The smallest absolute Gasteiger partial charge is 0.147 e. The van der Waals surface area contributed by atoms with E-state index in [1.165, 1.54) is 23.3 Å². The topological polar surface area (TPSA) is 35.2 Å². The Morgan fingerprint density at radius 1 is 1.14 bits per heavy atom. The molecule has 2 N–H and O–H groups in total. The minimum atomic E-state index is -0.411. The molecule has 0 fully saturated rings. The monoisotopic (exact) mass is 319 g/mol. The number of nitrogens with two attached hydrogens (primary N) is 1. The van der Waals surface area contributed by atoms with Gasteiger partial charge in [0, 0.05) is 11.8 Å². The highest BCUT2D eigenvalue weighted by atomic mass is 32.2. The van der Waals surface area contributed by atoms with Crippen molar-refractivity contribution < 1.29 is 9.13 Å². The lowest BCUT2D eigenvalue weighted by Gasteiger charge is -2.19. The van der Waals surface area contributed by atoms with Crippen molar-refractivity contribution in [3.63, 3.8) is 0 Å². The second-order valence-electron chi connectivity index (χ2n) is 6.26. The van der Waals surface area contributed by atoms with Crippen LogP contribution in [0, 0.1) is 5.82 Å². The summed E-state index contributed by atoms with van der Waals surface area (Å²) in [5.41, 5.74) is 8.32. The second kappa shape index (κ2) is 6.61. The number of anilines is 1. The van der Waals surface area contributed by atoms with Crippen LogP contribution in [0.1, 0.15) is 31.9 Å². The molecule has 22 heavy (non-hydrogen) atoms. The minimum Gasteiger partial charge on any atom is -0.496 e. The van der Waals surface area contributed by atoms with Crippen molar-refractivity contribution in [2.24, 2.45) is 0 Å². The number of nitrogen functional groups attached to an aromatic ring is 1. The zero-order valence-electron chi connectivity index (χ0n) is 13.4. The van der Waals surface area contributed by atoms with Gasteiger partial charge in [-0.25, -0.2) is 4.39 Å². The van der Waals surface area contributed by atoms with Crippen LogP contribution in [0.5, 0.6) is 5.75 Å². The van der Waals surface area contributed by atoms with Gasteiger partial charge in [0.05, 0.1) is 17.7 Å². The summed E-state index contributed by atoms with van der Waals surface area (Å²) in [5.74, 6) is 0.950. The van der Waals surface area contributed by atoms with Gasteiger partial charge >= 0.3 is 0 Å². The van der Waals surface area contributed by atoms with Crippen LogP contribution in [0.15, 0.2) is 41.3 Å². The van der Waals surface area contributed by atoms with Crippen molar-refractivity contribution in [3.8, 4) is 5.75 Å². The van der Waals surface area contributed by atoms with E-state index in [0.717, 1.165) is 10.6 Å². The van der Waals surface area contributed by atoms with E-state index in [2.05, 4.69) is 45.0 Å². The molecule has 0 radical (unpaired) electrons. The Bertz CT molecular complexity index is 647. The molecule has 0 atom stereocenters. The molecule has 0 saturated heterocycles. The van der Waals surface area contributed by atoms with E-state index >= 15 is 0 Å². The first kappa shape index (κ1) is 16.7. The van der Waals surface area contributed by atoms with Crippen LogP contribution < -0.4 is 10.5 Å². The number of rotatable bonds is 4. The maximum atomic E-state index is 13.6. The molecule has 2 rings (SSSR count). The van der Waals surface area contributed by atoms with Crippen LogP contribution in [-0.4, -0.2) is 7.11 Å². The summed E-state index contributed by atoms with van der Waals surface area (Å²) in [6.07, 6.45) is 0. The van der Waals surface area contributed by atoms with Gasteiger partial charge in [0.1, 0.15) is 11.6 Å². The van der Waals surface area contributed by atoms with Crippen LogP contribution in [0.2, 0.25) is 0 Å². The Kier molecular flexibility index (Phi) is 5.01. The third-order valence-corrected chi connectivity index (χ3v) is 4.60. The molecule has 0 aliphatic carbocycles. The van der Waals surface area contributed by atoms with E-state index in [1.54, 1.807) is 18.9 Å². The fraction of sp³-hybridized carbons (Fsp3) is 0.333. The van der Waals surface area contributed by atoms with Crippen LogP contribution in [-0.2, 0) is 11.2 Å². The van der Waals surface area contributed by atoms with Gasteiger partial charge in [-0.1, -0.05) is 45.0 Å². The quantitative estimate of drug-likeness (QED) is 0.636. The molecular formula is C18H22FNOS. The normalized spacial score (nSPS) is 11.5. The zero-order chi connectivity index (χ0) is 16.3. The molecule has 2 nitrogen and oxygen atoms in total. The maximum Gasteiger partial charge on any atom is 0.147 e. The molecule has 0 aliphatic heterocycles. The Morgan fingerprint density at radius 2 is 1.77 bits per heavy atom. The van der Waals surface area contributed by atoms with Crippen molar-refractivity contribution in [1.29, 1.82) is 0 Å². The lowest BCUT2D eigenvalue weighted by molar-refractivity contribution is 0.403. The summed E-state index contributed by atoms with van der Waals surface area (Å²) in [6.45, 7) is 6.58. The lowest BCUT2D eigenvalue weighted by Crippen LogP contribution is -2.10. The van der Waals surface area contributed by atoms with Crippen molar-refractivity contribution in [2.45, 2.75) is 36.8 Å². The van der Waals surface area contributed by atoms with Crippen molar-refractivity contribution in [3.05, 3.63) is 53.3 Å². The summed E-state index contributed by atoms with van der Waals surface area (Å²) >= 11 is 1.54. The first-order chi connectivity index (χ1) is 10.3. The highest BCUT2D eigenvalue weighted by Crippen LogP contribution is 2.35. The first-order valence-corrected chi connectivity index (χ1v) is 8.15. The number of methoxy groups -OCH3 is 1. The molecule has 0 bridgehead atoms. The molecule has 0 heterocycles. The summed E-state index contributed by atoms with van der Waals surface area (Å²) in [4.78, 5) is 0.758. The molecule has 0 aliphatic rings. The molecule has 0 spiro atoms. The zero-order valence-corrected chi connectivity index (χ0v) is 14.3. The fourth-order valence-electron chi connectivity index (χ4n) is 2.09. The van der Waals surface area contributed by atoms with Gasteiger partial charge in [-0.05, 0) is 22.6 Å². The molecule has 0 saturated carbocycles. The molecule has 4 heteroatoms. The Labute approximate surface area is 135 Å². The largest absolute Gasteiger partial charge is 0.496 e. The van der Waals surface area contributed by atoms with Gasteiger partial charge in [0.25, 0.3) is 0 Å². The van der Waals surface area contributed by atoms with Gasteiger partial charge in [0.15, 0.2) is 0 Å².